The van der Waals surface area contributed by atoms with Crippen molar-refractivity contribution in [3.8, 4) is 0 Å². The largest absolute Gasteiger partial charge is 0.370 e. The van der Waals surface area contributed by atoms with Gasteiger partial charge in [0.25, 0.3) is 5.91 Å². The highest BCUT2D eigenvalue weighted by atomic mass is 32.2. The van der Waals surface area contributed by atoms with E-state index in [1.54, 1.807) is 0 Å². The Balaban J connectivity index is 2.15. The van der Waals surface area contributed by atoms with Crippen molar-refractivity contribution in [1.29, 1.82) is 0 Å². The van der Waals surface area contributed by atoms with Gasteiger partial charge in [0.1, 0.15) is 5.54 Å². The van der Waals surface area contributed by atoms with Gasteiger partial charge in [-0.05, 0) is 24.6 Å². The fourth-order valence-electron chi connectivity index (χ4n) is 2.49. The molecule has 1 aromatic rings. The second-order valence-corrected chi connectivity index (χ2v) is 8.31. The third-order valence-electron chi connectivity index (χ3n) is 4.06. The van der Waals surface area contributed by atoms with E-state index in [9.17, 15) is 31.6 Å². The third-order valence-corrected chi connectivity index (χ3v) is 5.69. The zero-order valence-electron chi connectivity index (χ0n) is 13.8. The number of urea groups is 1. The van der Waals surface area contributed by atoms with Crippen LogP contribution in [-0.2, 0) is 25.0 Å². The summed E-state index contributed by atoms with van der Waals surface area (Å²) in [6.07, 6.45) is -0.366. The van der Waals surface area contributed by atoms with E-state index in [1.165, 1.54) is 6.92 Å². The molecule has 0 spiro atoms. The molecule has 1 aliphatic heterocycles. The lowest BCUT2D eigenvalue weighted by molar-refractivity contribution is -0.130. The molecule has 0 aliphatic carbocycles. The predicted molar refractivity (Wildman–Crippen MR) is 86.4 cm³/mol. The van der Waals surface area contributed by atoms with Crippen molar-refractivity contribution in [2.75, 3.05) is 18.1 Å². The summed E-state index contributed by atoms with van der Waals surface area (Å²) in [5.41, 5.74) is 3.27. The summed E-state index contributed by atoms with van der Waals surface area (Å²) < 4.78 is 50.2. The number of rotatable bonds is 7. The van der Waals surface area contributed by atoms with E-state index in [0.717, 1.165) is 18.2 Å². The van der Waals surface area contributed by atoms with Crippen LogP contribution >= 0.6 is 0 Å². The lowest BCUT2D eigenvalue weighted by Gasteiger charge is -2.22. The van der Waals surface area contributed by atoms with Crippen molar-refractivity contribution in [2.24, 2.45) is 5.73 Å². The highest BCUT2D eigenvalue weighted by Gasteiger charge is 2.49. The van der Waals surface area contributed by atoms with Crippen LogP contribution in [0.5, 0.6) is 0 Å². The number of imide groups is 1. The third kappa shape index (κ3) is 3.98. The van der Waals surface area contributed by atoms with Crippen LogP contribution in [0.15, 0.2) is 18.2 Å². The number of nitrogens with two attached hydrogens (primary N) is 1. The molecule has 1 fully saturated rings. The van der Waals surface area contributed by atoms with Gasteiger partial charge in [-0.1, -0.05) is 6.07 Å². The van der Waals surface area contributed by atoms with Gasteiger partial charge in [-0.2, -0.15) is 0 Å². The molecule has 1 heterocycles. The van der Waals surface area contributed by atoms with E-state index < -0.39 is 62.9 Å². The maximum absolute atomic E-state index is 13.4. The van der Waals surface area contributed by atoms with Crippen LogP contribution in [0, 0.1) is 11.6 Å². The quantitative estimate of drug-likeness (QED) is 0.636. The first-order valence-electron chi connectivity index (χ1n) is 7.54. The number of benzene rings is 1. The first-order valence-corrected chi connectivity index (χ1v) is 9.37. The van der Waals surface area contributed by atoms with Crippen molar-refractivity contribution in [3.63, 3.8) is 0 Å². The van der Waals surface area contributed by atoms with E-state index in [1.807, 2.05) is 0 Å². The second-order valence-electron chi connectivity index (χ2n) is 6.01. The molecule has 1 aromatic carbocycles. The molecule has 8 nitrogen and oxygen atoms in total. The minimum absolute atomic E-state index is 0.0221. The van der Waals surface area contributed by atoms with Gasteiger partial charge in [0.15, 0.2) is 21.5 Å². The van der Waals surface area contributed by atoms with E-state index in [2.05, 4.69) is 5.32 Å². The van der Waals surface area contributed by atoms with E-state index in [-0.39, 0.29) is 12.0 Å². The molecule has 3 N–H and O–H groups in total. The molecule has 0 radical (unpaired) electrons. The van der Waals surface area contributed by atoms with Gasteiger partial charge in [-0.3, -0.25) is 14.5 Å². The van der Waals surface area contributed by atoms with Crippen molar-refractivity contribution >= 4 is 27.7 Å². The van der Waals surface area contributed by atoms with Crippen LogP contribution in [0.4, 0.5) is 13.6 Å². The summed E-state index contributed by atoms with van der Waals surface area (Å²) in [5.74, 6) is -4.91. The molecule has 1 unspecified atom stereocenters. The lowest BCUT2D eigenvalue weighted by atomic mass is 9.92. The fraction of sp³-hybridized carbons (Fsp3) is 0.400. The lowest BCUT2D eigenvalue weighted by Crippen LogP contribution is -2.41. The molecule has 0 aromatic heterocycles. The van der Waals surface area contributed by atoms with Crippen LogP contribution in [0.3, 0.4) is 0 Å². The second kappa shape index (κ2) is 6.98. The van der Waals surface area contributed by atoms with Crippen LogP contribution in [0.25, 0.3) is 0 Å². The van der Waals surface area contributed by atoms with Crippen LogP contribution in [0.1, 0.15) is 18.9 Å². The Hall–Kier alpha value is -2.56. The Kier molecular flexibility index (Phi) is 5.31. The Bertz CT molecular complexity index is 874. The SMILES string of the molecule is CC1(c2ccc(F)c(F)c2)NC(=O)N(CCS(=O)(=O)CCC(N)=O)C1=O. The molecule has 0 saturated carbocycles. The molecule has 4 amide bonds. The smallest absolute Gasteiger partial charge is 0.325 e. The first-order chi connectivity index (χ1) is 12.0. The summed E-state index contributed by atoms with van der Waals surface area (Å²) in [7, 11) is -3.71. The molecule has 1 saturated heterocycles. The Labute approximate surface area is 148 Å². The molecule has 0 bridgehead atoms. The minimum Gasteiger partial charge on any atom is -0.370 e. The van der Waals surface area contributed by atoms with Crippen LogP contribution in [0.2, 0.25) is 0 Å². The molecule has 11 heteroatoms. The molecule has 1 atom stereocenters. The number of amides is 4. The zero-order chi connectivity index (χ0) is 19.7. The molecule has 142 valence electrons. The van der Waals surface area contributed by atoms with Gasteiger partial charge in [-0.15, -0.1) is 0 Å². The topological polar surface area (TPSA) is 127 Å². The van der Waals surface area contributed by atoms with Gasteiger partial charge in [0.05, 0.1) is 11.5 Å². The number of halogens is 2. The maximum atomic E-state index is 13.4. The normalized spacial score (nSPS) is 20.3. The number of nitrogens with zero attached hydrogens (tertiary/aromatic N) is 1. The number of hydrogen-bond donors (Lipinski definition) is 2. The summed E-state index contributed by atoms with van der Waals surface area (Å²) in [6, 6.07) is 1.92. The minimum atomic E-state index is -3.71. The molecule has 2 rings (SSSR count). The Morgan fingerprint density at radius 1 is 1.23 bits per heavy atom. The maximum Gasteiger partial charge on any atom is 0.325 e. The van der Waals surface area contributed by atoms with E-state index in [0.29, 0.717) is 4.90 Å². The number of hydrogen-bond acceptors (Lipinski definition) is 5. The van der Waals surface area contributed by atoms with Crippen LogP contribution < -0.4 is 11.1 Å². The predicted octanol–water partition coefficient (Wildman–Crippen LogP) is 0.0220. The fourth-order valence-corrected chi connectivity index (χ4v) is 3.67. The average molecular weight is 389 g/mol. The summed E-state index contributed by atoms with van der Waals surface area (Å²) >= 11 is 0. The van der Waals surface area contributed by atoms with Gasteiger partial charge >= 0.3 is 6.03 Å². The van der Waals surface area contributed by atoms with E-state index in [4.69, 9.17) is 5.73 Å². The molecular formula is C15H17F2N3O5S. The van der Waals surface area contributed by atoms with Crippen LogP contribution in [-0.4, -0.2) is 49.2 Å². The standard InChI is InChI=1S/C15H17F2N3O5S/c1-15(9-2-3-10(16)11(17)8-9)13(22)20(14(23)19-15)5-7-26(24,25)6-4-12(18)21/h2-3,8H,4-7H2,1H3,(H2,18,21)(H,19,23). The Morgan fingerprint density at radius 2 is 1.88 bits per heavy atom. The monoisotopic (exact) mass is 389 g/mol. The molecule has 1 aliphatic rings. The van der Waals surface area contributed by atoms with Crippen molar-refractivity contribution in [1.82, 2.24) is 10.2 Å². The number of carbonyl (C=O) groups excluding carboxylic acids is 3. The highest BCUT2D eigenvalue weighted by Crippen LogP contribution is 2.29. The highest BCUT2D eigenvalue weighted by molar-refractivity contribution is 7.91. The first kappa shape index (κ1) is 19.8. The van der Waals surface area contributed by atoms with Crippen molar-refractivity contribution in [3.05, 3.63) is 35.4 Å². The summed E-state index contributed by atoms with van der Waals surface area (Å²) in [4.78, 5) is 36.0. The average Bonchev–Trinajstić information content (AvgIpc) is 2.77. The number of nitrogens with one attached hydrogen (secondary N) is 1. The van der Waals surface area contributed by atoms with E-state index >= 15 is 0 Å². The summed E-state index contributed by atoms with van der Waals surface area (Å²) in [6.45, 7) is 0.868. The van der Waals surface area contributed by atoms with Gasteiger partial charge in [0, 0.05) is 13.0 Å². The zero-order valence-corrected chi connectivity index (χ0v) is 14.6. The van der Waals surface area contributed by atoms with Gasteiger partial charge in [-0.25, -0.2) is 22.0 Å². The number of carbonyl (C=O) groups is 3. The molecular weight excluding hydrogens is 372 g/mol. The van der Waals surface area contributed by atoms with Crippen molar-refractivity contribution < 1.29 is 31.6 Å². The van der Waals surface area contributed by atoms with Gasteiger partial charge < -0.3 is 11.1 Å². The molecule has 26 heavy (non-hydrogen) atoms. The van der Waals surface area contributed by atoms with Crippen molar-refractivity contribution in [2.45, 2.75) is 18.9 Å². The number of sulfone groups is 1. The van der Waals surface area contributed by atoms with Gasteiger partial charge in [0.2, 0.25) is 5.91 Å². The summed E-state index contributed by atoms with van der Waals surface area (Å²) in [5, 5.41) is 2.36. The Morgan fingerprint density at radius 3 is 2.46 bits per heavy atom. The number of primary amides is 1.